The van der Waals surface area contributed by atoms with Crippen LogP contribution in [0, 0.1) is 0 Å². The maximum atomic E-state index is 9.22. The predicted molar refractivity (Wildman–Crippen MR) is 77.7 cm³/mol. The average Bonchev–Trinajstić information content (AvgIpc) is 2.38. The Hall–Kier alpha value is -0.810. The Kier molecular flexibility index (Phi) is 4.68. The summed E-state index contributed by atoms with van der Waals surface area (Å²) in [6, 6.07) is 6.13. The first-order valence-electron chi connectivity index (χ1n) is 6.57. The molecule has 19 heavy (non-hydrogen) atoms. The van der Waals surface area contributed by atoms with Gasteiger partial charge in [-0.25, -0.2) is 0 Å². The molecule has 3 unspecified atom stereocenters. The van der Waals surface area contributed by atoms with E-state index in [0.29, 0.717) is 18.2 Å². The Morgan fingerprint density at radius 3 is 2.89 bits per heavy atom. The Morgan fingerprint density at radius 1 is 1.58 bits per heavy atom. The third-order valence-electron chi connectivity index (χ3n) is 3.52. The summed E-state index contributed by atoms with van der Waals surface area (Å²) in [7, 11) is 0. The Balaban J connectivity index is 2.23. The molecule has 0 saturated carbocycles. The highest BCUT2D eigenvalue weighted by atomic mass is 35.5. The fourth-order valence-electron chi connectivity index (χ4n) is 2.35. The first-order chi connectivity index (χ1) is 9.02. The van der Waals surface area contributed by atoms with E-state index in [2.05, 4.69) is 11.8 Å². The van der Waals surface area contributed by atoms with Crippen molar-refractivity contribution in [2.75, 3.05) is 24.7 Å². The lowest BCUT2D eigenvalue weighted by Crippen LogP contribution is -2.49. The molecule has 0 amide bonds. The van der Waals surface area contributed by atoms with Gasteiger partial charge >= 0.3 is 0 Å². The molecule has 0 radical (unpaired) electrons. The summed E-state index contributed by atoms with van der Waals surface area (Å²) in [6.45, 7) is 5.33. The lowest BCUT2D eigenvalue weighted by molar-refractivity contribution is -0.0103. The molecule has 1 fully saturated rings. The molecular weight excluding hydrogens is 264 g/mol. The fourth-order valence-corrected chi connectivity index (χ4v) is 2.70. The minimum absolute atomic E-state index is 0.0366. The van der Waals surface area contributed by atoms with Gasteiger partial charge in [0, 0.05) is 29.3 Å². The van der Waals surface area contributed by atoms with Gasteiger partial charge in [-0.2, -0.15) is 0 Å². The van der Waals surface area contributed by atoms with Crippen molar-refractivity contribution in [2.45, 2.75) is 32.0 Å². The summed E-state index contributed by atoms with van der Waals surface area (Å²) in [5.41, 5.74) is 7.86. The Labute approximate surface area is 119 Å². The molecule has 1 aliphatic heterocycles. The standard InChI is InChI=1S/C14H21ClN2O2/c1-9-8-19-12(7-18)6-17(9)11-3-4-13(10(2)16)14(15)5-11/h3-5,9-10,12,18H,6-8,16H2,1-2H3. The third kappa shape index (κ3) is 3.20. The Bertz CT molecular complexity index is 439. The number of aliphatic hydroxyl groups is 1. The number of anilines is 1. The number of nitrogens with zero attached hydrogens (tertiary/aromatic N) is 1. The zero-order valence-corrected chi connectivity index (χ0v) is 12.1. The van der Waals surface area contributed by atoms with Crippen molar-refractivity contribution in [3.63, 3.8) is 0 Å². The molecule has 106 valence electrons. The number of aliphatic hydroxyl groups excluding tert-OH is 1. The molecule has 0 aliphatic carbocycles. The second-order valence-electron chi connectivity index (χ2n) is 5.13. The summed E-state index contributed by atoms with van der Waals surface area (Å²) < 4.78 is 5.54. The normalized spacial score (nSPS) is 25.4. The predicted octanol–water partition coefficient (Wildman–Crippen LogP) is 1.95. The zero-order chi connectivity index (χ0) is 14.0. The van der Waals surface area contributed by atoms with E-state index in [9.17, 15) is 5.11 Å². The first kappa shape index (κ1) is 14.6. The van der Waals surface area contributed by atoms with Crippen LogP contribution in [0.15, 0.2) is 18.2 Å². The van der Waals surface area contributed by atoms with E-state index in [1.807, 2.05) is 25.1 Å². The van der Waals surface area contributed by atoms with Gasteiger partial charge in [0.15, 0.2) is 0 Å². The average molecular weight is 285 g/mol. The molecule has 1 aliphatic rings. The van der Waals surface area contributed by atoms with Gasteiger partial charge in [-0.1, -0.05) is 17.7 Å². The number of nitrogens with two attached hydrogens (primary N) is 1. The van der Waals surface area contributed by atoms with E-state index in [1.54, 1.807) is 0 Å². The van der Waals surface area contributed by atoms with Crippen LogP contribution in [0.4, 0.5) is 5.69 Å². The third-order valence-corrected chi connectivity index (χ3v) is 3.84. The highest BCUT2D eigenvalue weighted by Gasteiger charge is 2.26. The highest BCUT2D eigenvalue weighted by molar-refractivity contribution is 6.31. The zero-order valence-electron chi connectivity index (χ0n) is 11.3. The van der Waals surface area contributed by atoms with Crippen molar-refractivity contribution in [2.24, 2.45) is 5.73 Å². The molecule has 0 aromatic heterocycles. The van der Waals surface area contributed by atoms with Crippen molar-refractivity contribution in [1.82, 2.24) is 0 Å². The summed E-state index contributed by atoms with van der Waals surface area (Å²) in [6.07, 6.45) is -0.136. The highest BCUT2D eigenvalue weighted by Crippen LogP contribution is 2.29. The smallest absolute Gasteiger partial charge is 0.0981 e. The van der Waals surface area contributed by atoms with E-state index < -0.39 is 0 Å². The van der Waals surface area contributed by atoms with Crippen LogP contribution in [0.1, 0.15) is 25.5 Å². The van der Waals surface area contributed by atoms with Crippen LogP contribution in [0.5, 0.6) is 0 Å². The Morgan fingerprint density at radius 2 is 2.32 bits per heavy atom. The summed E-state index contributed by atoms with van der Waals surface area (Å²) in [5.74, 6) is 0. The maximum Gasteiger partial charge on any atom is 0.0981 e. The number of benzene rings is 1. The van der Waals surface area contributed by atoms with Crippen LogP contribution in [0.2, 0.25) is 5.02 Å². The largest absolute Gasteiger partial charge is 0.394 e. The van der Waals surface area contributed by atoms with Gasteiger partial charge in [0.25, 0.3) is 0 Å². The number of morpholine rings is 1. The van der Waals surface area contributed by atoms with Crippen molar-refractivity contribution in [3.8, 4) is 0 Å². The van der Waals surface area contributed by atoms with E-state index in [0.717, 1.165) is 11.3 Å². The van der Waals surface area contributed by atoms with Crippen LogP contribution in [0.25, 0.3) is 0 Å². The topological polar surface area (TPSA) is 58.7 Å². The van der Waals surface area contributed by atoms with Crippen LogP contribution < -0.4 is 10.6 Å². The van der Waals surface area contributed by atoms with Crippen LogP contribution >= 0.6 is 11.6 Å². The van der Waals surface area contributed by atoms with Gasteiger partial charge in [0.05, 0.1) is 19.3 Å². The molecule has 5 heteroatoms. The minimum atomic E-state index is -0.136. The monoisotopic (exact) mass is 284 g/mol. The molecule has 1 aromatic carbocycles. The SMILES string of the molecule is CC(N)c1ccc(N2CC(CO)OCC2C)cc1Cl. The van der Waals surface area contributed by atoms with Gasteiger partial charge in [-0.3, -0.25) is 0 Å². The van der Waals surface area contributed by atoms with Gasteiger partial charge in [-0.05, 0) is 31.5 Å². The first-order valence-corrected chi connectivity index (χ1v) is 6.95. The summed E-state index contributed by atoms with van der Waals surface area (Å²) in [4.78, 5) is 2.21. The molecule has 4 nitrogen and oxygen atoms in total. The quantitative estimate of drug-likeness (QED) is 0.891. The van der Waals surface area contributed by atoms with Gasteiger partial charge in [0.1, 0.15) is 0 Å². The molecule has 3 N–H and O–H groups in total. The molecule has 1 aromatic rings. The number of hydrogen-bond acceptors (Lipinski definition) is 4. The van der Waals surface area contributed by atoms with Crippen molar-refractivity contribution in [3.05, 3.63) is 28.8 Å². The molecule has 0 bridgehead atoms. The van der Waals surface area contributed by atoms with E-state index in [4.69, 9.17) is 22.1 Å². The van der Waals surface area contributed by atoms with Gasteiger partial charge in [-0.15, -0.1) is 0 Å². The molecule has 3 atom stereocenters. The molecule has 0 spiro atoms. The fraction of sp³-hybridized carbons (Fsp3) is 0.571. The number of hydrogen-bond donors (Lipinski definition) is 2. The van der Waals surface area contributed by atoms with Crippen molar-refractivity contribution < 1.29 is 9.84 Å². The lowest BCUT2D eigenvalue weighted by atomic mass is 10.1. The molecule has 1 heterocycles. The number of ether oxygens (including phenoxy) is 1. The second-order valence-corrected chi connectivity index (χ2v) is 5.54. The lowest BCUT2D eigenvalue weighted by Gasteiger charge is -2.39. The van der Waals surface area contributed by atoms with Gasteiger partial charge < -0.3 is 20.5 Å². The summed E-state index contributed by atoms with van der Waals surface area (Å²) >= 11 is 6.27. The van der Waals surface area contributed by atoms with E-state index in [1.165, 1.54) is 0 Å². The second kappa shape index (κ2) is 6.09. The van der Waals surface area contributed by atoms with Crippen LogP contribution in [-0.2, 0) is 4.74 Å². The van der Waals surface area contributed by atoms with Gasteiger partial charge in [0.2, 0.25) is 0 Å². The van der Waals surface area contributed by atoms with Crippen LogP contribution in [0.3, 0.4) is 0 Å². The molecule has 2 rings (SSSR count). The summed E-state index contributed by atoms with van der Waals surface area (Å²) in [5, 5.41) is 9.91. The maximum absolute atomic E-state index is 9.22. The number of rotatable bonds is 3. The van der Waals surface area contributed by atoms with Crippen molar-refractivity contribution >= 4 is 17.3 Å². The molecular formula is C14H21ClN2O2. The minimum Gasteiger partial charge on any atom is -0.394 e. The van der Waals surface area contributed by atoms with Crippen LogP contribution in [-0.4, -0.2) is 37.0 Å². The van der Waals surface area contributed by atoms with Crippen molar-refractivity contribution in [1.29, 1.82) is 0 Å². The van der Waals surface area contributed by atoms with E-state index in [-0.39, 0.29) is 24.8 Å². The number of halogens is 1. The van der Waals surface area contributed by atoms with E-state index >= 15 is 0 Å². The molecule has 1 saturated heterocycles.